The monoisotopic (exact) mass is 568 g/mol. The van der Waals surface area contributed by atoms with Crippen molar-refractivity contribution in [2.75, 3.05) is 11.5 Å². The highest BCUT2D eigenvalue weighted by Gasteiger charge is 2.44. The molecular weight excluding hydrogens is 559 g/mol. The van der Waals surface area contributed by atoms with E-state index < -0.39 is 98.9 Å². The number of halogens is 13. The molecule has 0 bridgehead atoms. The Morgan fingerprint density at radius 1 is 0.474 bits per heavy atom. The van der Waals surface area contributed by atoms with Crippen LogP contribution < -0.4 is 20.9 Å². The lowest BCUT2D eigenvalue weighted by Gasteiger charge is -2.21. The zero-order chi connectivity index (χ0) is 29.0. The average molecular weight is 568 g/mol. The number of nitrogen functional groups attached to an aromatic ring is 2. The third-order valence-corrected chi connectivity index (χ3v) is 4.57. The molecule has 38 heavy (non-hydrogen) atoms. The number of ether oxygens (including phenoxy) is 2. The van der Waals surface area contributed by atoms with Crippen molar-refractivity contribution in [3.05, 3.63) is 70.3 Å². The number of benzene rings is 3. The van der Waals surface area contributed by atoms with E-state index in [0.717, 1.165) is 0 Å². The molecule has 3 aromatic carbocycles. The van der Waals surface area contributed by atoms with Crippen LogP contribution in [0.4, 0.5) is 68.5 Å². The smallest absolute Gasteiger partial charge is 0.422 e. The van der Waals surface area contributed by atoms with E-state index in [1.54, 1.807) is 0 Å². The van der Waals surface area contributed by atoms with Crippen molar-refractivity contribution >= 4 is 11.4 Å². The lowest BCUT2D eigenvalue weighted by atomic mass is 10.1. The van der Waals surface area contributed by atoms with Crippen LogP contribution in [0.5, 0.6) is 23.0 Å². The van der Waals surface area contributed by atoms with Crippen LogP contribution in [0.15, 0.2) is 30.3 Å². The summed E-state index contributed by atoms with van der Waals surface area (Å²) in [4.78, 5) is 0. The third-order valence-electron chi connectivity index (χ3n) is 4.57. The summed E-state index contributed by atoms with van der Waals surface area (Å²) >= 11 is 0. The van der Waals surface area contributed by atoms with E-state index >= 15 is 4.39 Å². The number of nitrogens with two attached hydrogens (primary N) is 2. The van der Waals surface area contributed by atoms with Crippen LogP contribution in [-0.4, -0.2) is 0 Å². The fourth-order valence-corrected chi connectivity index (χ4v) is 3.16. The molecule has 17 heteroatoms. The third kappa shape index (κ3) is 5.60. The Morgan fingerprint density at radius 3 is 1.24 bits per heavy atom. The molecule has 4 nitrogen and oxygen atoms in total. The highest BCUT2D eigenvalue weighted by Crippen LogP contribution is 2.49. The molecule has 0 saturated carbocycles. The number of hydrogen-bond acceptors (Lipinski definition) is 4. The SMILES string of the molecule is Nc1cc(F)c(C(F)(F)F)c(Oc2cc(F)c(C(F)(F)F)c(Oc3cc(N)cc(F)c3C(F)(F)F)c2F)c1. The van der Waals surface area contributed by atoms with Gasteiger partial charge in [-0.3, -0.25) is 0 Å². The Bertz CT molecular complexity index is 1400. The standard InChI is InChI=1S/C21H9F13N2O2/c22-8-1-6(35)3-11(14(8)19(26,27)28)37-13-5-10(24)16(21(32,33)34)18(17(13)25)38-12-4-7(36)2-9(23)15(12)20(29,30)31/h1-5H,35-36H2. The van der Waals surface area contributed by atoms with Crippen LogP contribution >= 0.6 is 0 Å². The van der Waals surface area contributed by atoms with Crippen LogP contribution in [0, 0.1) is 23.3 Å². The largest absolute Gasteiger partial charge is 0.453 e. The topological polar surface area (TPSA) is 70.5 Å². The molecule has 0 heterocycles. The van der Waals surface area contributed by atoms with Crippen LogP contribution in [0.3, 0.4) is 0 Å². The number of alkyl halides is 9. The maximum Gasteiger partial charge on any atom is 0.422 e. The van der Waals surface area contributed by atoms with Gasteiger partial charge in [-0.1, -0.05) is 0 Å². The van der Waals surface area contributed by atoms with Crippen molar-refractivity contribution in [2.24, 2.45) is 0 Å². The molecule has 3 rings (SSSR count). The summed E-state index contributed by atoms with van der Waals surface area (Å²) in [6.45, 7) is 0. The molecule has 0 aliphatic carbocycles. The minimum Gasteiger partial charge on any atom is -0.453 e. The van der Waals surface area contributed by atoms with Crippen molar-refractivity contribution in [1.29, 1.82) is 0 Å². The minimum atomic E-state index is -5.88. The van der Waals surface area contributed by atoms with Gasteiger partial charge in [-0.15, -0.1) is 0 Å². The normalized spacial score (nSPS) is 12.6. The first-order valence-corrected chi connectivity index (χ1v) is 9.49. The van der Waals surface area contributed by atoms with Gasteiger partial charge >= 0.3 is 18.5 Å². The van der Waals surface area contributed by atoms with Gasteiger partial charge in [-0.05, 0) is 12.1 Å². The molecular formula is C21H9F13N2O2. The van der Waals surface area contributed by atoms with Crippen molar-refractivity contribution < 1.29 is 66.5 Å². The van der Waals surface area contributed by atoms with E-state index in [4.69, 9.17) is 11.5 Å². The van der Waals surface area contributed by atoms with Crippen molar-refractivity contribution in [3.8, 4) is 23.0 Å². The number of hydrogen-bond donors (Lipinski definition) is 2. The molecule has 0 atom stereocenters. The predicted molar refractivity (Wildman–Crippen MR) is 103 cm³/mol. The highest BCUT2D eigenvalue weighted by atomic mass is 19.4. The van der Waals surface area contributed by atoms with Gasteiger partial charge in [0.25, 0.3) is 0 Å². The molecule has 0 aromatic heterocycles. The van der Waals surface area contributed by atoms with Crippen molar-refractivity contribution in [1.82, 2.24) is 0 Å². The Labute approximate surface area is 202 Å². The second-order valence-electron chi connectivity index (χ2n) is 7.32. The first kappa shape index (κ1) is 28.5. The lowest BCUT2D eigenvalue weighted by Crippen LogP contribution is -2.15. The van der Waals surface area contributed by atoms with Gasteiger partial charge in [-0.25, -0.2) is 13.2 Å². The second kappa shape index (κ2) is 9.36. The number of rotatable bonds is 4. The summed E-state index contributed by atoms with van der Waals surface area (Å²) in [6, 6.07) is 0.240. The summed E-state index contributed by atoms with van der Waals surface area (Å²) in [7, 11) is 0. The zero-order valence-corrected chi connectivity index (χ0v) is 17.8. The molecule has 0 spiro atoms. The van der Waals surface area contributed by atoms with Crippen LogP contribution in [0.1, 0.15) is 16.7 Å². The predicted octanol–water partition coefficient (Wildman–Crippen LogP) is 8.05. The maximum atomic E-state index is 15.1. The molecule has 0 radical (unpaired) electrons. The van der Waals surface area contributed by atoms with Gasteiger partial charge in [-0.2, -0.15) is 43.9 Å². The molecule has 0 amide bonds. The summed E-state index contributed by atoms with van der Waals surface area (Å²) in [5.74, 6) is -16.9. The summed E-state index contributed by atoms with van der Waals surface area (Å²) in [5.41, 5.74) is 1.51. The highest BCUT2D eigenvalue weighted by molar-refractivity contribution is 5.56. The van der Waals surface area contributed by atoms with E-state index in [1.165, 1.54) is 0 Å². The number of anilines is 2. The quantitative estimate of drug-likeness (QED) is 0.247. The van der Waals surface area contributed by atoms with Gasteiger partial charge < -0.3 is 20.9 Å². The van der Waals surface area contributed by atoms with E-state index in [9.17, 15) is 52.7 Å². The molecule has 0 unspecified atom stereocenters. The fourth-order valence-electron chi connectivity index (χ4n) is 3.16. The first-order chi connectivity index (χ1) is 17.2. The molecule has 0 aliphatic heterocycles. The summed E-state index contributed by atoms with van der Waals surface area (Å²) in [6.07, 6.45) is -17.1. The molecule has 0 saturated heterocycles. The Hall–Kier alpha value is -4.05. The Morgan fingerprint density at radius 2 is 0.842 bits per heavy atom. The zero-order valence-electron chi connectivity index (χ0n) is 17.8. The van der Waals surface area contributed by atoms with Crippen LogP contribution in [0.2, 0.25) is 0 Å². The molecule has 206 valence electrons. The Balaban J connectivity index is 2.30. The van der Waals surface area contributed by atoms with Crippen molar-refractivity contribution in [3.63, 3.8) is 0 Å². The molecule has 0 aliphatic rings. The maximum absolute atomic E-state index is 15.1. The van der Waals surface area contributed by atoms with E-state index in [-0.39, 0.29) is 24.3 Å². The van der Waals surface area contributed by atoms with Crippen LogP contribution in [-0.2, 0) is 18.5 Å². The van der Waals surface area contributed by atoms with E-state index in [0.29, 0.717) is 0 Å². The van der Waals surface area contributed by atoms with Gasteiger partial charge in [0.1, 0.15) is 45.6 Å². The molecule has 4 N–H and O–H groups in total. The van der Waals surface area contributed by atoms with E-state index in [1.807, 2.05) is 0 Å². The van der Waals surface area contributed by atoms with Gasteiger partial charge in [0, 0.05) is 29.6 Å². The van der Waals surface area contributed by atoms with E-state index in [2.05, 4.69) is 9.47 Å². The summed E-state index contributed by atoms with van der Waals surface area (Å²) < 4.78 is 187. The Kier molecular flexibility index (Phi) is 7.02. The fraction of sp³-hybridized carbons (Fsp3) is 0.143. The first-order valence-electron chi connectivity index (χ1n) is 9.49. The van der Waals surface area contributed by atoms with Crippen LogP contribution in [0.25, 0.3) is 0 Å². The van der Waals surface area contributed by atoms with Gasteiger partial charge in [0.15, 0.2) is 11.5 Å². The minimum absolute atomic E-state index is 0.101. The molecule has 3 aromatic rings. The second-order valence-corrected chi connectivity index (χ2v) is 7.32. The lowest BCUT2D eigenvalue weighted by molar-refractivity contribution is -0.142. The van der Waals surface area contributed by atoms with Gasteiger partial charge in [0.2, 0.25) is 5.82 Å². The molecule has 0 fully saturated rings. The summed E-state index contributed by atoms with van der Waals surface area (Å²) in [5, 5.41) is 0. The average Bonchev–Trinajstić information content (AvgIpc) is 2.67. The van der Waals surface area contributed by atoms with Crippen molar-refractivity contribution in [2.45, 2.75) is 18.5 Å². The van der Waals surface area contributed by atoms with Gasteiger partial charge in [0.05, 0.1) is 0 Å².